The monoisotopic (exact) mass is 427 g/mol. The number of morpholine rings is 1. The van der Waals surface area contributed by atoms with Gasteiger partial charge in [-0.1, -0.05) is 30.3 Å². The molecule has 8 nitrogen and oxygen atoms in total. The van der Waals surface area contributed by atoms with Gasteiger partial charge in [0.1, 0.15) is 11.5 Å². The highest BCUT2D eigenvalue weighted by molar-refractivity contribution is 5.85. The normalized spacial score (nSPS) is 15.0. The van der Waals surface area contributed by atoms with Crippen LogP contribution in [0.4, 0.5) is 0 Å². The van der Waals surface area contributed by atoms with Crippen molar-refractivity contribution >= 4 is 11.8 Å². The molecule has 8 heteroatoms. The molecule has 1 aliphatic heterocycles. The van der Waals surface area contributed by atoms with Crippen molar-refractivity contribution in [2.45, 2.75) is 6.04 Å². The SMILES string of the molecule is COc1ccc(C(CNC(=O)CNC(=O)COc2ccccc2)N2CCOCC2)cc1. The Kier molecular flexibility index (Phi) is 8.69. The van der Waals surface area contributed by atoms with Gasteiger partial charge < -0.3 is 24.8 Å². The topological polar surface area (TPSA) is 89.1 Å². The molecule has 3 rings (SSSR count). The minimum absolute atomic E-state index is 0.0101. The Balaban J connectivity index is 1.47. The van der Waals surface area contributed by atoms with E-state index in [2.05, 4.69) is 15.5 Å². The van der Waals surface area contributed by atoms with Gasteiger partial charge in [-0.3, -0.25) is 14.5 Å². The van der Waals surface area contributed by atoms with Crippen LogP contribution in [0.5, 0.6) is 11.5 Å². The van der Waals surface area contributed by atoms with E-state index in [1.807, 2.05) is 42.5 Å². The van der Waals surface area contributed by atoms with Gasteiger partial charge in [-0.15, -0.1) is 0 Å². The molecule has 0 radical (unpaired) electrons. The molecule has 2 N–H and O–H groups in total. The van der Waals surface area contributed by atoms with Crippen LogP contribution in [-0.4, -0.2) is 69.8 Å². The van der Waals surface area contributed by atoms with E-state index in [9.17, 15) is 9.59 Å². The van der Waals surface area contributed by atoms with E-state index in [-0.39, 0.29) is 31.0 Å². The van der Waals surface area contributed by atoms with Crippen LogP contribution in [-0.2, 0) is 14.3 Å². The van der Waals surface area contributed by atoms with Crippen molar-refractivity contribution in [1.29, 1.82) is 0 Å². The third-order valence-electron chi connectivity index (χ3n) is 5.04. The zero-order chi connectivity index (χ0) is 21.9. The number of hydrogen-bond donors (Lipinski definition) is 2. The van der Waals surface area contributed by atoms with Gasteiger partial charge in [0.15, 0.2) is 6.61 Å². The number of methoxy groups -OCH3 is 1. The average Bonchev–Trinajstić information content (AvgIpc) is 2.83. The van der Waals surface area contributed by atoms with Crippen LogP contribution in [0.1, 0.15) is 11.6 Å². The van der Waals surface area contributed by atoms with Crippen LogP contribution in [0, 0.1) is 0 Å². The van der Waals surface area contributed by atoms with Crippen molar-refractivity contribution in [2.75, 3.05) is 53.1 Å². The van der Waals surface area contributed by atoms with Gasteiger partial charge >= 0.3 is 0 Å². The molecule has 0 spiro atoms. The van der Waals surface area contributed by atoms with Gasteiger partial charge in [-0.2, -0.15) is 0 Å². The average molecular weight is 428 g/mol. The maximum absolute atomic E-state index is 12.3. The molecule has 1 fully saturated rings. The lowest BCUT2D eigenvalue weighted by atomic mass is 10.0. The lowest BCUT2D eigenvalue weighted by molar-refractivity contribution is -0.127. The zero-order valence-electron chi connectivity index (χ0n) is 17.7. The standard InChI is InChI=1S/C23H29N3O5/c1-29-19-9-7-18(8-10-19)21(26-11-13-30-14-12-26)15-24-22(27)16-25-23(28)17-31-20-5-3-2-4-6-20/h2-10,21H,11-17H2,1H3,(H,24,27)(H,25,28). The number of amides is 2. The first-order valence-electron chi connectivity index (χ1n) is 10.3. The van der Waals surface area contributed by atoms with E-state index >= 15 is 0 Å². The molecule has 0 aromatic heterocycles. The Labute approximate surface area is 182 Å². The van der Waals surface area contributed by atoms with Crippen LogP contribution in [0.2, 0.25) is 0 Å². The van der Waals surface area contributed by atoms with Gasteiger partial charge in [0.05, 0.1) is 32.9 Å². The van der Waals surface area contributed by atoms with Gasteiger partial charge in [0.25, 0.3) is 5.91 Å². The maximum atomic E-state index is 12.3. The number of nitrogens with zero attached hydrogens (tertiary/aromatic N) is 1. The first-order chi connectivity index (χ1) is 15.2. The molecule has 31 heavy (non-hydrogen) atoms. The summed E-state index contributed by atoms with van der Waals surface area (Å²) in [5.74, 6) is 0.794. The third kappa shape index (κ3) is 7.27. The Morgan fingerprint density at radius 2 is 1.68 bits per heavy atom. The van der Waals surface area contributed by atoms with Crippen molar-refractivity contribution in [3.63, 3.8) is 0 Å². The van der Waals surface area contributed by atoms with Crippen LogP contribution < -0.4 is 20.1 Å². The molecule has 1 atom stereocenters. The molecular formula is C23H29N3O5. The van der Waals surface area contributed by atoms with E-state index < -0.39 is 0 Å². The van der Waals surface area contributed by atoms with Gasteiger partial charge in [0, 0.05) is 19.6 Å². The fraction of sp³-hybridized carbons (Fsp3) is 0.391. The molecule has 0 saturated carbocycles. The number of nitrogens with one attached hydrogen (secondary N) is 2. The fourth-order valence-corrected chi connectivity index (χ4v) is 3.34. The summed E-state index contributed by atoms with van der Waals surface area (Å²) in [6.07, 6.45) is 0. The summed E-state index contributed by atoms with van der Waals surface area (Å²) in [5.41, 5.74) is 1.09. The molecule has 166 valence electrons. The quantitative estimate of drug-likeness (QED) is 0.596. The lowest BCUT2D eigenvalue weighted by Gasteiger charge is -2.35. The molecule has 0 bridgehead atoms. The van der Waals surface area contributed by atoms with Gasteiger partial charge in [-0.25, -0.2) is 0 Å². The van der Waals surface area contributed by atoms with E-state index in [4.69, 9.17) is 14.2 Å². The molecule has 1 heterocycles. The van der Waals surface area contributed by atoms with Crippen LogP contribution in [0.25, 0.3) is 0 Å². The predicted octanol–water partition coefficient (Wildman–Crippen LogP) is 1.38. The van der Waals surface area contributed by atoms with Crippen molar-refractivity contribution in [3.05, 3.63) is 60.2 Å². The molecule has 1 unspecified atom stereocenters. The van der Waals surface area contributed by atoms with Crippen molar-refractivity contribution < 1.29 is 23.8 Å². The number of para-hydroxylation sites is 1. The Bertz CT molecular complexity index is 823. The fourth-order valence-electron chi connectivity index (χ4n) is 3.34. The Morgan fingerprint density at radius 3 is 2.35 bits per heavy atom. The highest BCUT2D eigenvalue weighted by Gasteiger charge is 2.23. The van der Waals surface area contributed by atoms with Gasteiger partial charge in [0.2, 0.25) is 5.91 Å². The largest absolute Gasteiger partial charge is 0.497 e. The van der Waals surface area contributed by atoms with Crippen LogP contribution in [0.3, 0.4) is 0 Å². The first kappa shape index (κ1) is 22.6. The van der Waals surface area contributed by atoms with Crippen LogP contribution >= 0.6 is 0 Å². The summed E-state index contributed by atoms with van der Waals surface area (Å²) in [6, 6.07) is 16.9. The smallest absolute Gasteiger partial charge is 0.258 e. The Morgan fingerprint density at radius 1 is 0.968 bits per heavy atom. The zero-order valence-corrected chi connectivity index (χ0v) is 17.7. The summed E-state index contributed by atoms with van der Waals surface area (Å²) in [5, 5.41) is 5.51. The molecule has 0 aliphatic carbocycles. The van der Waals surface area contributed by atoms with Gasteiger partial charge in [-0.05, 0) is 29.8 Å². The minimum Gasteiger partial charge on any atom is -0.497 e. The molecule has 2 aromatic rings. The maximum Gasteiger partial charge on any atom is 0.258 e. The third-order valence-corrected chi connectivity index (χ3v) is 5.04. The number of rotatable bonds is 10. The minimum atomic E-state index is -0.348. The Hall–Kier alpha value is -3.10. The van der Waals surface area contributed by atoms with Crippen LogP contribution in [0.15, 0.2) is 54.6 Å². The van der Waals surface area contributed by atoms with E-state index in [1.165, 1.54) is 0 Å². The second-order valence-electron chi connectivity index (χ2n) is 7.12. The number of carbonyl (C=O) groups excluding carboxylic acids is 2. The first-order valence-corrected chi connectivity index (χ1v) is 10.3. The lowest BCUT2D eigenvalue weighted by Crippen LogP contribution is -2.45. The molecule has 2 amide bonds. The van der Waals surface area contributed by atoms with E-state index in [1.54, 1.807) is 19.2 Å². The van der Waals surface area contributed by atoms with E-state index in [0.717, 1.165) is 24.4 Å². The second-order valence-corrected chi connectivity index (χ2v) is 7.12. The molecule has 2 aromatic carbocycles. The van der Waals surface area contributed by atoms with Crippen molar-refractivity contribution in [1.82, 2.24) is 15.5 Å². The highest BCUT2D eigenvalue weighted by atomic mass is 16.5. The molecule has 1 saturated heterocycles. The molecular weight excluding hydrogens is 398 g/mol. The van der Waals surface area contributed by atoms with E-state index in [0.29, 0.717) is 25.5 Å². The number of benzene rings is 2. The number of hydrogen-bond acceptors (Lipinski definition) is 6. The highest BCUT2D eigenvalue weighted by Crippen LogP contribution is 2.23. The summed E-state index contributed by atoms with van der Waals surface area (Å²) in [6.45, 7) is 3.10. The second kappa shape index (κ2) is 11.9. The number of ether oxygens (including phenoxy) is 3. The summed E-state index contributed by atoms with van der Waals surface area (Å²) >= 11 is 0. The predicted molar refractivity (Wildman–Crippen MR) is 116 cm³/mol. The summed E-state index contributed by atoms with van der Waals surface area (Å²) in [4.78, 5) is 26.5. The summed E-state index contributed by atoms with van der Waals surface area (Å²) < 4.78 is 16.1. The molecule has 1 aliphatic rings. The van der Waals surface area contributed by atoms with Crippen molar-refractivity contribution in [2.24, 2.45) is 0 Å². The number of carbonyl (C=O) groups is 2. The summed E-state index contributed by atoms with van der Waals surface area (Å²) in [7, 11) is 1.63. The van der Waals surface area contributed by atoms with Crippen molar-refractivity contribution in [3.8, 4) is 11.5 Å².